The molecule has 0 aromatic heterocycles. The van der Waals surface area contributed by atoms with E-state index >= 15 is 0 Å². The SMILES string of the molecule is O=C(O)C(OC1CCCCC1)C1CCCCC1. The van der Waals surface area contributed by atoms with Gasteiger partial charge >= 0.3 is 5.97 Å². The molecule has 0 aliphatic heterocycles. The molecule has 3 nitrogen and oxygen atoms in total. The molecule has 2 saturated carbocycles. The van der Waals surface area contributed by atoms with E-state index in [0.717, 1.165) is 25.7 Å². The maximum atomic E-state index is 11.3. The molecule has 0 spiro atoms. The average Bonchev–Trinajstić information content (AvgIpc) is 2.38. The lowest BCUT2D eigenvalue weighted by molar-refractivity contribution is -0.162. The van der Waals surface area contributed by atoms with Gasteiger partial charge in [0.1, 0.15) is 0 Å². The van der Waals surface area contributed by atoms with Crippen LogP contribution in [0, 0.1) is 5.92 Å². The molecule has 0 saturated heterocycles. The Bertz CT molecular complexity index is 240. The van der Waals surface area contributed by atoms with Gasteiger partial charge in [-0.15, -0.1) is 0 Å². The third-order valence-corrected chi connectivity index (χ3v) is 4.21. The summed E-state index contributed by atoms with van der Waals surface area (Å²) >= 11 is 0. The van der Waals surface area contributed by atoms with Crippen molar-refractivity contribution >= 4 is 5.97 Å². The summed E-state index contributed by atoms with van der Waals surface area (Å²) in [6.45, 7) is 0. The fourth-order valence-corrected chi connectivity index (χ4v) is 3.22. The third kappa shape index (κ3) is 3.70. The molecule has 3 heteroatoms. The van der Waals surface area contributed by atoms with Crippen molar-refractivity contribution in [3.63, 3.8) is 0 Å². The van der Waals surface area contributed by atoms with Gasteiger partial charge in [0.05, 0.1) is 6.10 Å². The molecule has 98 valence electrons. The molecule has 2 rings (SSSR count). The van der Waals surface area contributed by atoms with Crippen LogP contribution < -0.4 is 0 Å². The van der Waals surface area contributed by atoms with Crippen LogP contribution >= 0.6 is 0 Å². The summed E-state index contributed by atoms with van der Waals surface area (Å²) in [7, 11) is 0. The number of rotatable bonds is 4. The number of aliphatic carboxylic acids is 1. The van der Waals surface area contributed by atoms with Crippen LogP contribution in [0.1, 0.15) is 64.2 Å². The Hall–Kier alpha value is -0.570. The van der Waals surface area contributed by atoms with E-state index in [-0.39, 0.29) is 12.0 Å². The minimum Gasteiger partial charge on any atom is -0.479 e. The fraction of sp³-hybridized carbons (Fsp3) is 0.929. The second-order valence-electron chi connectivity index (χ2n) is 5.55. The molecule has 2 aliphatic carbocycles. The standard InChI is InChI=1S/C14H24O3/c15-14(16)13(11-7-3-1-4-8-11)17-12-9-5-2-6-10-12/h11-13H,1-10H2,(H,15,16). The van der Waals surface area contributed by atoms with E-state index in [1.807, 2.05) is 0 Å². The van der Waals surface area contributed by atoms with Crippen molar-refractivity contribution in [1.29, 1.82) is 0 Å². The highest BCUT2D eigenvalue weighted by Gasteiger charge is 2.32. The average molecular weight is 240 g/mol. The van der Waals surface area contributed by atoms with Crippen LogP contribution in [0.4, 0.5) is 0 Å². The van der Waals surface area contributed by atoms with E-state index in [4.69, 9.17) is 4.74 Å². The summed E-state index contributed by atoms with van der Waals surface area (Å²) in [4.78, 5) is 11.3. The molecule has 2 aliphatic rings. The van der Waals surface area contributed by atoms with Gasteiger partial charge in [-0.3, -0.25) is 0 Å². The fourth-order valence-electron chi connectivity index (χ4n) is 3.22. The Morgan fingerprint density at radius 2 is 1.47 bits per heavy atom. The minimum absolute atomic E-state index is 0.201. The molecule has 1 atom stereocenters. The Morgan fingerprint density at radius 3 is 2.00 bits per heavy atom. The summed E-state index contributed by atoms with van der Waals surface area (Å²) in [5.41, 5.74) is 0. The van der Waals surface area contributed by atoms with Crippen LogP contribution in [0.5, 0.6) is 0 Å². The van der Waals surface area contributed by atoms with E-state index in [1.54, 1.807) is 0 Å². The Kier molecular flexibility index (Phi) is 4.84. The van der Waals surface area contributed by atoms with Gasteiger partial charge in [-0.1, -0.05) is 38.5 Å². The molecular formula is C14H24O3. The number of carboxylic acids is 1. The summed E-state index contributed by atoms with van der Waals surface area (Å²) < 4.78 is 5.89. The monoisotopic (exact) mass is 240 g/mol. The van der Waals surface area contributed by atoms with Gasteiger partial charge in [-0.05, 0) is 31.6 Å². The van der Waals surface area contributed by atoms with Crippen molar-refractivity contribution in [2.45, 2.75) is 76.4 Å². The Balaban J connectivity index is 1.88. The quantitative estimate of drug-likeness (QED) is 0.819. The van der Waals surface area contributed by atoms with Crippen molar-refractivity contribution in [1.82, 2.24) is 0 Å². The van der Waals surface area contributed by atoms with Gasteiger partial charge in [0.25, 0.3) is 0 Å². The summed E-state index contributed by atoms with van der Waals surface area (Å²) in [6, 6.07) is 0. The first-order valence-corrected chi connectivity index (χ1v) is 7.15. The van der Waals surface area contributed by atoms with Crippen LogP contribution in [-0.4, -0.2) is 23.3 Å². The van der Waals surface area contributed by atoms with E-state index < -0.39 is 12.1 Å². The van der Waals surface area contributed by atoms with Crippen LogP contribution in [0.3, 0.4) is 0 Å². The number of hydrogen-bond acceptors (Lipinski definition) is 2. The Morgan fingerprint density at radius 1 is 0.941 bits per heavy atom. The van der Waals surface area contributed by atoms with Crippen molar-refractivity contribution in [3.8, 4) is 0 Å². The van der Waals surface area contributed by atoms with Gasteiger partial charge in [0.2, 0.25) is 0 Å². The van der Waals surface area contributed by atoms with Crippen LogP contribution in [0.15, 0.2) is 0 Å². The van der Waals surface area contributed by atoms with Crippen molar-refractivity contribution in [3.05, 3.63) is 0 Å². The highest BCUT2D eigenvalue weighted by Crippen LogP contribution is 2.31. The van der Waals surface area contributed by atoms with Gasteiger partial charge in [0.15, 0.2) is 6.10 Å². The molecule has 0 aromatic rings. The second kappa shape index (κ2) is 6.39. The topological polar surface area (TPSA) is 46.5 Å². The zero-order valence-electron chi connectivity index (χ0n) is 10.6. The van der Waals surface area contributed by atoms with Crippen molar-refractivity contribution < 1.29 is 14.6 Å². The van der Waals surface area contributed by atoms with Gasteiger partial charge < -0.3 is 9.84 Å². The highest BCUT2D eigenvalue weighted by molar-refractivity contribution is 5.72. The largest absolute Gasteiger partial charge is 0.479 e. The highest BCUT2D eigenvalue weighted by atomic mass is 16.5. The van der Waals surface area contributed by atoms with E-state index in [9.17, 15) is 9.90 Å². The first-order chi connectivity index (χ1) is 8.27. The van der Waals surface area contributed by atoms with Crippen LogP contribution in [0.25, 0.3) is 0 Å². The lowest BCUT2D eigenvalue weighted by Crippen LogP contribution is -2.37. The third-order valence-electron chi connectivity index (χ3n) is 4.21. The second-order valence-corrected chi connectivity index (χ2v) is 5.55. The minimum atomic E-state index is -0.748. The lowest BCUT2D eigenvalue weighted by Gasteiger charge is -2.32. The molecule has 1 unspecified atom stereocenters. The first-order valence-electron chi connectivity index (χ1n) is 7.15. The number of carbonyl (C=O) groups is 1. The van der Waals surface area contributed by atoms with Crippen LogP contribution in [-0.2, 0) is 9.53 Å². The predicted octanol–water partition coefficient (Wildman–Crippen LogP) is 3.37. The summed E-state index contributed by atoms with van der Waals surface area (Å²) in [5.74, 6) is -0.495. The van der Waals surface area contributed by atoms with Crippen molar-refractivity contribution in [2.24, 2.45) is 5.92 Å². The van der Waals surface area contributed by atoms with E-state index in [2.05, 4.69) is 0 Å². The maximum Gasteiger partial charge on any atom is 0.333 e. The normalized spacial score (nSPS) is 25.6. The lowest BCUT2D eigenvalue weighted by atomic mass is 9.85. The van der Waals surface area contributed by atoms with E-state index in [0.29, 0.717) is 0 Å². The predicted molar refractivity (Wildman–Crippen MR) is 66.0 cm³/mol. The summed E-state index contributed by atoms with van der Waals surface area (Å²) in [5, 5.41) is 9.33. The summed E-state index contributed by atoms with van der Waals surface area (Å²) in [6.07, 6.45) is 11.1. The molecule has 0 radical (unpaired) electrons. The molecule has 0 aromatic carbocycles. The molecule has 17 heavy (non-hydrogen) atoms. The number of ether oxygens (including phenoxy) is 1. The molecule has 0 bridgehead atoms. The van der Waals surface area contributed by atoms with Crippen LogP contribution in [0.2, 0.25) is 0 Å². The molecule has 0 amide bonds. The number of hydrogen-bond donors (Lipinski definition) is 1. The first kappa shape index (κ1) is 12.9. The maximum absolute atomic E-state index is 11.3. The number of carboxylic acid groups (broad SMARTS) is 1. The molecule has 2 fully saturated rings. The zero-order valence-corrected chi connectivity index (χ0v) is 10.6. The Labute approximate surface area is 104 Å². The zero-order chi connectivity index (χ0) is 12.1. The molecule has 1 N–H and O–H groups in total. The molecule has 0 heterocycles. The molecular weight excluding hydrogens is 216 g/mol. The van der Waals surface area contributed by atoms with Crippen molar-refractivity contribution in [2.75, 3.05) is 0 Å². The van der Waals surface area contributed by atoms with E-state index in [1.165, 1.54) is 38.5 Å². The smallest absolute Gasteiger partial charge is 0.333 e. The van der Waals surface area contributed by atoms with Gasteiger partial charge in [-0.2, -0.15) is 0 Å². The van der Waals surface area contributed by atoms with Gasteiger partial charge in [0, 0.05) is 0 Å². The van der Waals surface area contributed by atoms with Gasteiger partial charge in [-0.25, -0.2) is 4.79 Å².